The van der Waals surface area contributed by atoms with Crippen LogP contribution < -0.4 is 5.32 Å². The Labute approximate surface area is 97.1 Å². The molecule has 1 heterocycles. The lowest BCUT2D eigenvalue weighted by Crippen LogP contribution is -2.40. The van der Waals surface area contributed by atoms with Gasteiger partial charge >= 0.3 is 0 Å². The predicted molar refractivity (Wildman–Crippen MR) is 67.4 cm³/mol. The first-order chi connectivity index (χ1) is 7.00. The summed E-state index contributed by atoms with van der Waals surface area (Å²) in [4.78, 5) is 5.87. The number of hydrogen-bond donors (Lipinski definition) is 1. The van der Waals surface area contributed by atoms with Crippen molar-refractivity contribution < 1.29 is 0 Å². The van der Waals surface area contributed by atoms with E-state index in [9.17, 15) is 0 Å². The van der Waals surface area contributed by atoms with Crippen molar-refractivity contribution in [1.29, 1.82) is 0 Å². The Bertz CT molecular complexity index is 294. The van der Waals surface area contributed by atoms with Crippen molar-refractivity contribution in [3.05, 3.63) is 15.6 Å². The van der Waals surface area contributed by atoms with E-state index in [0.717, 1.165) is 19.4 Å². The largest absolute Gasteiger partial charge is 0.305 e. The van der Waals surface area contributed by atoms with E-state index in [1.54, 1.807) is 11.3 Å². The number of nitrogens with one attached hydrogen (secondary N) is 1. The minimum atomic E-state index is 0.257. The molecule has 86 valence electrons. The molecule has 0 amide bonds. The second-order valence-electron chi connectivity index (χ2n) is 4.37. The third-order valence-electron chi connectivity index (χ3n) is 3.30. The standard InChI is InChI=1S/C12H22N2S/c1-6-12(5,7-2)13-8-11-14-9(3)10(4)15-11/h13H,6-8H2,1-5H3. The van der Waals surface area contributed by atoms with Crippen molar-refractivity contribution in [3.63, 3.8) is 0 Å². The Morgan fingerprint density at radius 1 is 1.27 bits per heavy atom. The van der Waals surface area contributed by atoms with Crippen molar-refractivity contribution in [3.8, 4) is 0 Å². The summed E-state index contributed by atoms with van der Waals surface area (Å²) < 4.78 is 0. The minimum Gasteiger partial charge on any atom is -0.305 e. The summed E-state index contributed by atoms with van der Waals surface area (Å²) in [5.41, 5.74) is 1.43. The Morgan fingerprint density at radius 2 is 1.87 bits per heavy atom. The van der Waals surface area contributed by atoms with Crippen molar-refractivity contribution in [2.45, 2.75) is 59.5 Å². The van der Waals surface area contributed by atoms with Crippen LogP contribution in [0, 0.1) is 13.8 Å². The van der Waals surface area contributed by atoms with Gasteiger partial charge in [-0.15, -0.1) is 11.3 Å². The van der Waals surface area contributed by atoms with Gasteiger partial charge in [0.15, 0.2) is 0 Å². The number of hydrogen-bond acceptors (Lipinski definition) is 3. The summed E-state index contributed by atoms with van der Waals surface area (Å²) >= 11 is 1.80. The fraction of sp³-hybridized carbons (Fsp3) is 0.750. The molecule has 0 aliphatic heterocycles. The van der Waals surface area contributed by atoms with Crippen LogP contribution in [-0.4, -0.2) is 10.5 Å². The lowest BCUT2D eigenvalue weighted by atomic mass is 9.96. The summed E-state index contributed by atoms with van der Waals surface area (Å²) in [5.74, 6) is 0. The zero-order valence-electron chi connectivity index (χ0n) is 10.5. The molecule has 0 saturated carbocycles. The van der Waals surface area contributed by atoms with E-state index < -0.39 is 0 Å². The normalized spacial score (nSPS) is 12.1. The zero-order valence-corrected chi connectivity index (χ0v) is 11.3. The maximum atomic E-state index is 4.54. The fourth-order valence-electron chi connectivity index (χ4n) is 1.40. The average molecular weight is 226 g/mol. The maximum Gasteiger partial charge on any atom is 0.107 e. The molecule has 0 aliphatic rings. The van der Waals surface area contributed by atoms with Crippen LogP contribution in [-0.2, 0) is 6.54 Å². The van der Waals surface area contributed by atoms with E-state index in [4.69, 9.17) is 0 Å². The number of rotatable bonds is 5. The second-order valence-corrected chi connectivity index (χ2v) is 5.66. The third kappa shape index (κ3) is 3.28. The second kappa shape index (κ2) is 5.08. The summed E-state index contributed by atoms with van der Waals surface area (Å²) in [7, 11) is 0. The van der Waals surface area contributed by atoms with E-state index >= 15 is 0 Å². The van der Waals surface area contributed by atoms with Gasteiger partial charge < -0.3 is 5.32 Å². The fourth-order valence-corrected chi connectivity index (χ4v) is 2.28. The molecule has 0 unspecified atom stereocenters. The molecule has 1 aromatic rings. The van der Waals surface area contributed by atoms with E-state index in [1.807, 2.05) is 0 Å². The molecule has 0 bridgehead atoms. The molecule has 1 rings (SSSR count). The van der Waals surface area contributed by atoms with Crippen LogP contribution in [0.5, 0.6) is 0 Å². The van der Waals surface area contributed by atoms with Gasteiger partial charge in [0.1, 0.15) is 5.01 Å². The van der Waals surface area contributed by atoms with Crippen LogP contribution in [0.15, 0.2) is 0 Å². The number of nitrogens with zero attached hydrogens (tertiary/aromatic N) is 1. The van der Waals surface area contributed by atoms with Crippen LogP contribution in [0.3, 0.4) is 0 Å². The van der Waals surface area contributed by atoms with Crippen molar-refractivity contribution in [2.24, 2.45) is 0 Å². The summed E-state index contributed by atoms with van der Waals surface area (Å²) in [5, 5.41) is 4.81. The highest BCUT2D eigenvalue weighted by molar-refractivity contribution is 7.11. The van der Waals surface area contributed by atoms with Gasteiger partial charge in [0, 0.05) is 17.0 Å². The van der Waals surface area contributed by atoms with Crippen LogP contribution in [0.25, 0.3) is 0 Å². The van der Waals surface area contributed by atoms with Gasteiger partial charge in [0.2, 0.25) is 0 Å². The first-order valence-corrected chi connectivity index (χ1v) is 6.50. The lowest BCUT2D eigenvalue weighted by Gasteiger charge is -2.27. The van der Waals surface area contributed by atoms with Crippen molar-refractivity contribution >= 4 is 11.3 Å². The van der Waals surface area contributed by atoms with Gasteiger partial charge in [-0.3, -0.25) is 0 Å². The van der Waals surface area contributed by atoms with E-state index in [0.29, 0.717) is 0 Å². The number of aryl methyl sites for hydroxylation is 2. The molecule has 15 heavy (non-hydrogen) atoms. The van der Waals surface area contributed by atoms with Crippen LogP contribution in [0.2, 0.25) is 0 Å². The Morgan fingerprint density at radius 3 is 2.27 bits per heavy atom. The SMILES string of the molecule is CCC(C)(CC)NCc1nc(C)c(C)s1. The van der Waals surface area contributed by atoms with E-state index in [1.165, 1.54) is 15.6 Å². The van der Waals surface area contributed by atoms with Gasteiger partial charge in [-0.2, -0.15) is 0 Å². The van der Waals surface area contributed by atoms with E-state index in [2.05, 4.69) is 44.9 Å². The third-order valence-corrected chi connectivity index (χ3v) is 4.37. The Kier molecular flexibility index (Phi) is 4.29. The monoisotopic (exact) mass is 226 g/mol. The highest BCUT2D eigenvalue weighted by atomic mass is 32.1. The summed E-state index contributed by atoms with van der Waals surface area (Å²) in [6.45, 7) is 11.9. The topological polar surface area (TPSA) is 24.9 Å². The molecule has 0 aromatic carbocycles. The van der Waals surface area contributed by atoms with Gasteiger partial charge in [-0.1, -0.05) is 13.8 Å². The first-order valence-electron chi connectivity index (χ1n) is 5.68. The Balaban J connectivity index is 2.56. The molecule has 1 N–H and O–H groups in total. The Hall–Kier alpha value is -0.410. The molecule has 0 aliphatic carbocycles. The zero-order chi connectivity index (χ0) is 11.5. The number of aromatic nitrogens is 1. The predicted octanol–water partition coefficient (Wildman–Crippen LogP) is 3.43. The highest BCUT2D eigenvalue weighted by Gasteiger charge is 2.18. The van der Waals surface area contributed by atoms with Gasteiger partial charge in [0.05, 0.1) is 5.69 Å². The molecular weight excluding hydrogens is 204 g/mol. The van der Waals surface area contributed by atoms with Crippen molar-refractivity contribution in [2.75, 3.05) is 0 Å². The summed E-state index contributed by atoms with van der Waals surface area (Å²) in [6, 6.07) is 0. The van der Waals surface area contributed by atoms with Crippen LogP contribution in [0.4, 0.5) is 0 Å². The number of thiazole rings is 1. The smallest absolute Gasteiger partial charge is 0.107 e. The molecular formula is C12H22N2S. The highest BCUT2D eigenvalue weighted by Crippen LogP contribution is 2.19. The van der Waals surface area contributed by atoms with Gasteiger partial charge in [0.25, 0.3) is 0 Å². The molecule has 0 saturated heterocycles. The van der Waals surface area contributed by atoms with E-state index in [-0.39, 0.29) is 5.54 Å². The van der Waals surface area contributed by atoms with Gasteiger partial charge in [-0.05, 0) is 33.6 Å². The van der Waals surface area contributed by atoms with Crippen LogP contribution >= 0.6 is 11.3 Å². The molecule has 0 atom stereocenters. The summed E-state index contributed by atoms with van der Waals surface area (Å²) in [6.07, 6.45) is 2.32. The first kappa shape index (κ1) is 12.7. The maximum absolute atomic E-state index is 4.54. The molecule has 3 heteroatoms. The molecule has 0 spiro atoms. The molecule has 0 radical (unpaired) electrons. The molecule has 0 fully saturated rings. The van der Waals surface area contributed by atoms with Crippen LogP contribution in [0.1, 0.15) is 49.2 Å². The minimum absolute atomic E-state index is 0.257. The molecule has 2 nitrogen and oxygen atoms in total. The lowest BCUT2D eigenvalue weighted by molar-refractivity contribution is 0.329. The molecule has 1 aromatic heterocycles. The average Bonchev–Trinajstić information content (AvgIpc) is 2.55. The van der Waals surface area contributed by atoms with Crippen molar-refractivity contribution in [1.82, 2.24) is 10.3 Å². The van der Waals surface area contributed by atoms with Gasteiger partial charge in [-0.25, -0.2) is 4.98 Å². The quantitative estimate of drug-likeness (QED) is 0.832.